The molecule has 0 aliphatic rings. The van der Waals surface area contributed by atoms with E-state index in [1.165, 1.54) is 35.7 Å². The summed E-state index contributed by atoms with van der Waals surface area (Å²) in [7, 11) is 6.77. The molecule has 0 heterocycles. The number of aromatic hydroxyl groups is 4. The van der Waals surface area contributed by atoms with Crippen LogP contribution in [-0.4, -0.2) is 88.0 Å². The van der Waals surface area contributed by atoms with Gasteiger partial charge in [-0.2, -0.15) is 0 Å². The molecule has 48 heavy (non-hydrogen) atoms. The predicted octanol–water partition coefficient (Wildman–Crippen LogP) is 7.95. The molecule has 2 aromatic rings. The number of benzene rings is 2. The number of phenols is 4. The number of thioether (sulfide) groups is 2. The van der Waals surface area contributed by atoms with Crippen LogP contribution in [0.25, 0.3) is 0 Å². The van der Waals surface area contributed by atoms with Gasteiger partial charge in [0.05, 0.1) is 9.79 Å². The highest BCUT2D eigenvalue weighted by atomic mass is 33.7. The fourth-order valence-corrected chi connectivity index (χ4v) is 14.6. The summed E-state index contributed by atoms with van der Waals surface area (Å²) in [5.74, 6) is -1.05. The van der Waals surface area contributed by atoms with Gasteiger partial charge in [-0.05, 0) is 118 Å². The number of aliphatic hydroxyl groups is 2. The Bertz CT molecular complexity index is 1170. The van der Waals surface area contributed by atoms with Crippen LogP contribution in [0.1, 0.15) is 75.3 Å². The molecule has 0 fully saturated rings. The van der Waals surface area contributed by atoms with Gasteiger partial charge in [-0.25, -0.2) is 0 Å². The molecule has 0 aromatic heterocycles. The summed E-state index contributed by atoms with van der Waals surface area (Å²) in [4.78, 5) is 23.1. The van der Waals surface area contributed by atoms with E-state index in [1.54, 1.807) is 53.4 Å². The molecule has 2 rings (SSSR count). The standard InChI is InChI=1S/C32H46O10S6/c33-13-9-21-17-25(35)31(41)27(19-21)43-15-11-23(5-1-3-7-29(37)38)45-47-48-46-24(6-2-4-8-30(39)40)12-16-44-28-20-22(10-14-34)18-26(36)32(28)42/h17-20,23-24,33-36,41-42H,1-16H2,(H,37,38)(H,39,40). The third kappa shape index (κ3) is 17.5. The number of hydrogen-bond donors (Lipinski definition) is 8. The molecule has 0 saturated heterocycles. The second-order valence-electron chi connectivity index (χ2n) is 11.0. The lowest BCUT2D eigenvalue weighted by atomic mass is 10.1. The van der Waals surface area contributed by atoms with Gasteiger partial charge in [0.1, 0.15) is 0 Å². The number of phenolic OH excluding ortho intramolecular Hbond substituents is 4. The number of aliphatic hydroxyl groups excluding tert-OH is 2. The van der Waals surface area contributed by atoms with Crippen molar-refractivity contribution >= 4 is 76.7 Å². The molecule has 0 amide bonds. The molecular weight excluding hydrogens is 737 g/mol. The molecule has 0 radical (unpaired) electrons. The van der Waals surface area contributed by atoms with Crippen LogP contribution in [-0.2, 0) is 22.4 Å². The van der Waals surface area contributed by atoms with Gasteiger partial charge in [-0.15, -0.1) is 23.5 Å². The largest absolute Gasteiger partial charge is 0.504 e. The number of unbranched alkanes of at least 4 members (excludes halogenated alkanes) is 2. The quantitative estimate of drug-likeness (QED) is 0.0188. The van der Waals surface area contributed by atoms with E-state index in [-0.39, 0.29) is 59.6 Å². The highest BCUT2D eigenvalue weighted by Gasteiger charge is 2.17. The third-order valence-corrected chi connectivity index (χ3v) is 16.6. The van der Waals surface area contributed by atoms with Crippen LogP contribution in [0.2, 0.25) is 0 Å². The summed E-state index contributed by atoms with van der Waals surface area (Å²) in [6, 6.07) is 6.45. The maximum Gasteiger partial charge on any atom is 0.303 e. The Balaban J connectivity index is 1.95. The van der Waals surface area contributed by atoms with Crippen LogP contribution in [0.3, 0.4) is 0 Å². The Labute approximate surface area is 305 Å². The van der Waals surface area contributed by atoms with Gasteiger partial charge in [-0.1, -0.05) is 34.4 Å². The molecular formula is C32H46O10S6. The van der Waals surface area contributed by atoms with Gasteiger partial charge in [0.25, 0.3) is 0 Å². The number of carboxylic acids is 2. The van der Waals surface area contributed by atoms with Crippen LogP contribution >= 0.6 is 64.8 Å². The van der Waals surface area contributed by atoms with Crippen LogP contribution in [0.4, 0.5) is 0 Å². The first-order valence-electron chi connectivity index (χ1n) is 15.7. The van der Waals surface area contributed by atoms with Gasteiger partial charge < -0.3 is 40.9 Å². The van der Waals surface area contributed by atoms with Crippen molar-refractivity contribution in [2.24, 2.45) is 0 Å². The second kappa shape index (κ2) is 24.7. The summed E-state index contributed by atoms with van der Waals surface area (Å²) < 4.78 is 0. The Morgan fingerprint density at radius 3 is 1.33 bits per heavy atom. The van der Waals surface area contributed by atoms with Gasteiger partial charge in [0.2, 0.25) is 0 Å². The maximum absolute atomic E-state index is 11.0. The fourth-order valence-electron chi connectivity index (χ4n) is 4.59. The second-order valence-corrected chi connectivity index (χ2v) is 19.7. The number of carboxylic acid groups (broad SMARTS) is 2. The van der Waals surface area contributed by atoms with Crippen molar-refractivity contribution in [1.82, 2.24) is 0 Å². The minimum absolute atomic E-state index is 0.0637. The number of rotatable bonds is 27. The van der Waals surface area contributed by atoms with E-state index >= 15 is 0 Å². The van der Waals surface area contributed by atoms with Gasteiger partial charge in [0, 0.05) is 36.6 Å². The van der Waals surface area contributed by atoms with Gasteiger partial charge >= 0.3 is 11.9 Å². The van der Waals surface area contributed by atoms with Crippen LogP contribution < -0.4 is 0 Å². The average molecular weight is 783 g/mol. The number of aliphatic carboxylic acids is 2. The van der Waals surface area contributed by atoms with E-state index in [4.69, 9.17) is 10.2 Å². The van der Waals surface area contributed by atoms with E-state index in [2.05, 4.69) is 0 Å². The molecule has 270 valence electrons. The molecule has 0 saturated carbocycles. The maximum atomic E-state index is 11.0. The Morgan fingerprint density at radius 1 is 0.583 bits per heavy atom. The summed E-state index contributed by atoms with van der Waals surface area (Å²) in [5.41, 5.74) is 1.47. The lowest BCUT2D eigenvalue weighted by molar-refractivity contribution is -0.138. The monoisotopic (exact) mass is 782 g/mol. The molecule has 2 unspecified atom stereocenters. The minimum Gasteiger partial charge on any atom is -0.504 e. The Hall–Kier alpha value is -1.40. The molecule has 2 atom stereocenters. The average Bonchev–Trinajstić information content (AvgIpc) is 3.03. The van der Waals surface area contributed by atoms with E-state index in [1.807, 2.05) is 0 Å². The Kier molecular flexibility index (Phi) is 22.0. The zero-order chi connectivity index (χ0) is 35.3. The zero-order valence-corrected chi connectivity index (χ0v) is 31.5. The SMILES string of the molecule is O=C(O)CCCCC(CCSc1cc(CCO)cc(O)c1O)SSSSC(CCCCC(=O)O)CCSc1cc(CCO)cc(O)c1O. The van der Waals surface area contributed by atoms with Crippen LogP contribution in [0, 0.1) is 0 Å². The topological polar surface area (TPSA) is 196 Å². The van der Waals surface area contributed by atoms with Crippen molar-refractivity contribution in [3.8, 4) is 23.0 Å². The smallest absolute Gasteiger partial charge is 0.303 e. The number of hydrogen-bond acceptors (Lipinski definition) is 14. The summed E-state index contributed by atoms with van der Waals surface area (Å²) in [5, 5.41) is 77.9. The summed E-state index contributed by atoms with van der Waals surface area (Å²) in [6.07, 6.45) is 6.99. The first-order valence-corrected chi connectivity index (χ1v) is 22.6. The van der Waals surface area contributed by atoms with E-state index in [9.17, 15) is 40.2 Å². The van der Waals surface area contributed by atoms with E-state index in [0.717, 1.165) is 49.7 Å². The van der Waals surface area contributed by atoms with E-state index < -0.39 is 11.9 Å². The lowest BCUT2D eigenvalue weighted by Crippen LogP contribution is -2.05. The van der Waals surface area contributed by atoms with Crippen molar-refractivity contribution < 1.29 is 50.4 Å². The molecule has 2 aromatic carbocycles. The highest BCUT2D eigenvalue weighted by Crippen LogP contribution is 2.50. The fraction of sp³-hybridized carbons (Fsp3) is 0.562. The molecule has 0 aliphatic heterocycles. The molecule has 0 aliphatic carbocycles. The van der Waals surface area contributed by atoms with Crippen molar-refractivity contribution in [2.75, 3.05) is 24.7 Å². The third-order valence-electron chi connectivity index (χ3n) is 7.14. The van der Waals surface area contributed by atoms with Gasteiger partial charge in [-0.3, -0.25) is 9.59 Å². The normalized spacial score (nSPS) is 12.6. The van der Waals surface area contributed by atoms with E-state index in [0.29, 0.717) is 47.0 Å². The first kappa shape index (κ1) is 42.8. The van der Waals surface area contributed by atoms with Gasteiger partial charge in [0.15, 0.2) is 23.0 Å². The first-order chi connectivity index (χ1) is 23.0. The van der Waals surface area contributed by atoms with Crippen LogP contribution in [0.5, 0.6) is 23.0 Å². The highest BCUT2D eigenvalue weighted by molar-refractivity contribution is 9.26. The number of carbonyl (C=O) groups is 2. The zero-order valence-electron chi connectivity index (χ0n) is 26.6. The van der Waals surface area contributed by atoms with Crippen molar-refractivity contribution in [1.29, 1.82) is 0 Å². The van der Waals surface area contributed by atoms with Crippen LogP contribution in [0.15, 0.2) is 34.1 Å². The lowest BCUT2D eigenvalue weighted by Gasteiger charge is -2.18. The minimum atomic E-state index is -0.813. The summed E-state index contributed by atoms with van der Waals surface area (Å²) in [6.45, 7) is -0.127. The molecule has 0 spiro atoms. The Morgan fingerprint density at radius 2 is 0.979 bits per heavy atom. The molecule has 10 nitrogen and oxygen atoms in total. The van der Waals surface area contributed by atoms with Crippen molar-refractivity contribution in [3.05, 3.63) is 35.4 Å². The van der Waals surface area contributed by atoms with Crippen molar-refractivity contribution in [3.63, 3.8) is 0 Å². The van der Waals surface area contributed by atoms with Crippen molar-refractivity contribution in [2.45, 2.75) is 97.3 Å². The molecule has 0 bridgehead atoms. The molecule has 16 heteroatoms. The predicted molar refractivity (Wildman–Crippen MR) is 202 cm³/mol. The summed E-state index contributed by atoms with van der Waals surface area (Å²) >= 11 is 2.87. The molecule has 8 N–H and O–H groups in total.